The number of esters is 1. The van der Waals surface area contributed by atoms with Crippen molar-refractivity contribution in [3.8, 4) is 40.5 Å². The summed E-state index contributed by atoms with van der Waals surface area (Å²) >= 11 is 0. The Bertz CT molecular complexity index is 2520. The maximum absolute atomic E-state index is 11.6. The summed E-state index contributed by atoms with van der Waals surface area (Å²) < 4.78 is 35.4. The van der Waals surface area contributed by atoms with E-state index in [9.17, 15) is 10.1 Å². The van der Waals surface area contributed by atoms with Crippen LogP contribution in [0.5, 0.6) is 11.5 Å². The molecule has 4 heterocycles. The van der Waals surface area contributed by atoms with E-state index < -0.39 is 18.0 Å². The van der Waals surface area contributed by atoms with E-state index in [1.165, 1.54) is 18.1 Å². The maximum atomic E-state index is 11.6. The molecule has 1 saturated heterocycles. The van der Waals surface area contributed by atoms with E-state index in [4.69, 9.17) is 37.4 Å². The lowest BCUT2D eigenvalue weighted by atomic mass is 9.88. The highest BCUT2D eigenvalue weighted by atomic mass is 16.5. The number of aromatic nitrogens is 3. The number of nitrogens with zero attached hydrogens (tertiary/aromatic N) is 5. The van der Waals surface area contributed by atoms with Gasteiger partial charge in [0.2, 0.25) is 17.7 Å². The number of piperidine rings is 1. The lowest BCUT2D eigenvalue weighted by Gasteiger charge is -2.32. The van der Waals surface area contributed by atoms with E-state index in [-0.39, 0.29) is 5.89 Å². The molecule has 8 rings (SSSR count). The van der Waals surface area contributed by atoms with Crippen molar-refractivity contribution in [2.24, 2.45) is 0 Å². The second kappa shape index (κ2) is 14.7. The Morgan fingerprint density at radius 3 is 2.30 bits per heavy atom. The number of nitriles is 1. The number of likely N-dealkylation sites (tertiary alicyclic amines) is 1. The summed E-state index contributed by atoms with van der Waals surface area (Å²) in [6, 6.07) is 25.5. The molecule has 12 heteroatoms. The van der Waals surface area contributed by atoms with E-state index >= 15 is 0 Å². The van der Waals surface area contributed by atoms with Gasteiger partial charge in [-0.25, -0.2) is 15.0 Å². The summed E-state index contributed by atoms with van der Waals surface area (Å²) in [6.45, 7) is 5.90. The number of carbonyl (C=O) groups excluding carboxylic acids is 1. The lowest BCUT2D eigenvalue weighted by Crippen LogP contribution is -2.34. The van der Waals surface area contributed by atoms with Gasteiger partial charge in [0.1, 0.15) is 39.7 Å². The molecule has 12 nitrogen and oxygen atoms in total. The first kappa shape index (κ1) is 34.9. The summed E-state index contributed by atoms with van der Waals surface area (Å²) in [5.74, 6) is 1.23. The van der Waals surface area contributed by atoms with Crippen LogP contribution in [-0.4, -0.2) is 65.8 Å². The zero-order valence-electron chi connectivity index (χ0n) is 30.5. The van der Waals surface area contributed by atoms with Gasteiger partial charge in [0.15, 0.2) is 22.7 Å². The van der Waals surface area contributed by atoms with Gasteiger partial charge in [-0.2, -0.15) is 5.26 Å². The van der Waals surface area contributed by atoms with E-state index in [0.717, 1.165) is 50.2 Å². The molecular formula is C42H39N5O7. The maximum Gasteiger partial charge on any atom is 0.302 e. The first-order chi connectivity index (χ1) is 26.3. The molecule has 0 saturated carbocycles. The molecule has 1 fully saturated rings. The van der Waals surface area contributed by atoms with Crippen molar-refractivity contribution in [1.29, 1.82) is 5.26 Å². The normalized spacial score (nSPS) is 15.0. The van der Waals surface area contributed by atoms with Crippen molar-refractivity contribution in [2.75, 3.05) is 33.9 Å². The van der Waals surface area contributed by atoms with Crippen LogP contribution in [0, 0.1) is 11.3 Å². The number of oxazole rings is 3. The molecule has 1 aliphatic heterocycles. The van der Waals surface area contributed by atoms with Crippen LogP contribution in [0.4, 0.5) is 0 Å². The number of benzene rings is 4. The van der Waals surface area contributed by atoms with Crippen LogP contribution in [-0.2, 0) is 16.0 Å². The number of fused-ring (bicyclic) bond motifs is 3. The topological polar surface area (TPSA) is 150 Å². The summed E-state index contributed by atoms with van der Waals surface area (Å²) in [4.78, 5) is 28.8. The molecular weight excluding hydrogens is 686 g/mol. The molecule has 54 heavy (non-hydrogen) atoms. The van der Waals surface area contributed by atoms with Crippen molar-refractivity contribution in [1.82, 2.24) is 19.9 Å². The Hall–Kier alpha value is -6.19. The molecule has 7 aromatic rings. The minimum Gasteiger partial charge on any atom is -0.496 e. The molecule has 4 aromatic carbocycles. The Morgan fingerprint density at radius 1 is 0.833 bits per heavy atom. The number of rotatable bonds is 11. The van der Waals surface area contributed by atoms with Crippen molar-refractivity contribution in [3.63, 3.8) is 0 Å². The summed E-state index contributed by atoms with van der Waals surface area (Å²) in [6.07, 6.45) is 2.22. The van der Waals surface area contributed by atoms with Crippen LogP contribution in [0.2, 0.25) is 0 Å². The van der Waals surface area contributed by atoms with Crippen molar-refractivity contribution in [2.45, 2.75) is 51.0 Å². The van der Waals surface area contributed by atoms with E-state index in [2.05, 4.69) is 34.2 Å². The molecule has 0 aliphatic carbocycles. The van der Waals surface area contributed by atoms with Gasteiger partial charge in [-0.05, 0) is 92.7 Å². The van der Waals surface area contributed by atoms with Crippen LogP contribution < -0.4 is 9.47 Å². The highest BCUT2D eigenvalue weighted by Crippen LogP contribution is 2.42. The first-order valence-electron chi connectivity index (χ1n) is 18.0. The van der Waals surface area contributed by atoms with Gasteiger partial charge in [-0.3, -0.25) is 4.79 Å². The quantitative estimate of drug-likeness (QED) is 0.118. The van der Waals surface area contributed by atoms with E-state index in [1.54, 1.807) is 39.3 Å². The summed E-state index contributed by atoms with van der Waals surface area (Å²) in [5.41, 5.74) is 6.98. The van der Waals surface area contributed by atoms with Crippen molar-refractivity contribution in [3.05, 3.63) is 89.8 Å². The molecule has 1 aliphatic rings. The van der Waals surface area contributed by atoms with Crippen molar-refractivity contribution < 1.29 is 32.3 Å². The number of para-hydroxylation sites is 3. The minimum absolute atomic E-state index is 0.132. The molecule has 0 amide bonds. The molecule has 0 bridgehead atoms. The van der Waals surface area contributed by atoms with E-state index in [1.807, 2.05) is 36.4 Å². The monoisotopic (exact) mass is 725 g/mol. The fourth-order valence-corrected chi connectivity index (χ4v) is 7.49. The molecule has 2 atom stereocenters. The standard InChI is InChI=1S/C42H39N5O7/c1-24(51-25(2)48)30(23-43)41-44-38-29(11-8-14-34(38)52-41)40-46-39-35(53-40)16-15-32(50-4)36(39)42-45-37-28(10-7-13-33(37)54-42)26-17-20-47(21-18-26)22-19-27-9-5-6-12-31(27)49-3/h5-16,24,26,30H,17-22H2,1-4H3. The third-order valence-electron chi connectivity index (χ3n) is 10.2. The fourth-order valence-electron chi connectivity index (χ4n) is 7.49. The molecule has 2 unspecified atom stereocenters. The van der Waals surface area contributed by atoms with Crippen LogP contribution in [0.1, 0.15) is 55.5 Å². The minimum atomic E-state index is -0.908. The Kier molecular flexibility index (Phi) is 9.48. The Morgan fingerprint density at radius 2 is 1.54 bits per heavy atom. The first-order valence-corrected chi connectivity index (χ1v) is 18.0. The molecule has 274 valence electrons. The Balaban J connectivity index is 1.09. The summed E-state index contributed by atoms with van der Waals surface area (Å²) in [5, 5.41) is 9.88. The number of carbonyl (C=O) groups is 1. The zero-order valence-corrected chi connectivity index (χ0v) is 30.5. The molecule has 0 spiro atoms. The van der Waals surface area contributed by atoms with Crippen LogP contribution in [0.15, 0.2) is 86.0 Å². The number of ether oxygens (including phenoxy) is 3. The predicted molar refractivity (Wildman–Crippen MR) is 201 cm³/mol. The summed E-state index contributed by atoms with van der Waals surface area (Å²) in [7, 11) is 3.32. The molecule has 3 aromatic heterocycles. The number of methoxy groups -OCH3 is 2. The molecule has 0 N–H and O–H groups in total. The third kappa shape index (κ3) is 6.52. The lowest BCUT2D eigenvalue weighted by molar-refractivity contribution is -0.146. The van der Waals surface area contributed by atoms with Crippen molar-refractivity contribution >= 4 is 39.3 Å². The van der Waals surface area contributed by atoms with E-state index in [0.29, 0.717) is 62.4 Å². The predicted octanol–water partition coefficient (Wildman–Crippen LogP) is 8.44. The van der Waals surface area contributed by atoms with Gasteiger partial charge >= 0.3 is 5.97 Å². The van der Waals surface area contributed by atoms with Gasteiger partial charge in [-0.15, -0.1) is 0 Å². The smallest absolute Gasteiger partial charge is 0.302 e. The van der Waals surface area contributed by atoms with Crippen LogP contribution >= 0.6 is 0 Å². The van der Waals surface area contributed by atoms with Gasteiger partial charge in [0.25, 0.3) is 0 Å². The van der Waals surface area contributed by atoms with Gasteiger partial charge in [-0.1, -0.05) is 36.4 Å². The number of hydrogen-bond acceptors (Lipinski definition) is 12. The number of hydrogen-bond donors (Lipinski definition) is 0. The zero-order chi connectivity index (χ0) is 37.3. The van der Waals surface area contributed by atoms with Crippen LogP contribution in [0.3, 0.4) is 0 Å². The fraction of sp³-hybridized carbons (Fsp3) is 0.310. The third-order valence-corrected chi connectivity index (χ3v) is 10.2. The second-order valence-corrected chi connectivity index (χ2v) is 13.5. The molecule has 0 radical (unpaired) electrons. The Labute approximate surface area is 311 Å². The highest BCUT2D eigenvalue weighted by Gasteiger charge is 2.30. The highest BCUT2D eigenvalue weighted by molar-refractivity contribution is 5.97. The average Bonchev–Trinajstić information content (AvgIpc) is 3.94. The second-order valence-electron chi connectivity index (χ2n) is 13.5. The average molecular weight is 726 g/mol. The van der Waals surface area contributed by atoms with Crippen LogP contribution in [0.25, 0.3) is 56.2 Å². The SMILES string of the molecule is COc1ccccc1CCN1CCC(c2cccc3oc(-c4c(OC)ccc5oc(-c6cccc7oc(C(C#N)C(C)OC(C)=O)nc67)nc45)nc23)CC1. The van der Waals surface area contributed by atoms with Gasteiger partial charge < -0.3 is 32.4 Å². The van der Waals surface area contributed by atoms with Gasteiger partial charge in [0.05, 0.1) is 25.9 Å². The van der Waals surface area contributed by atoms with Gasteiger partial charge in [0, 0.05) is 13.5 Å². The largest absolute Gasteiger partial charge is 0.496 e.